The summed E-state index contributed by atoms with van der Waals surface area (Å²) < 4.78 is 1.46. The number of aryl methyl sites for hydroxylation is 1. The van der Waals surface area contributed by atoms with Crippen molar-refractivity contribution in [2.45, 2.75) is 0 Å². The Hall–Kier alpha value is -4.27. The van der Waals surface area contributed by atoms with Gasteiger partial charge in [-0.05, 0) is 18.2 Å². The van der Waals surface area contributed by atoms with Crippen LogP contribution in [0.5, 0.6) is 5.75 Å². The fourth-order valence-corrected chi connectivity index (χ4v) is 3.34. The van der Waals surface area contributed by atoms with Crippen LogP contribution in [-0.2, 0) is 7.05 Å². The lowest BCUT2D eigenvalue weighted by atomic mass is 10.1. The zero-order valence-electron chi connectivity index (χ0n) is 15.3. The second kappa shape index (κ2) is 6.41. The largest absolute Gasteiger partial charge is 0.506 e. The Balaban J connectivity index is 1.50. The van der Waals surface area contributed by atoms with Gasteiger partial charge in [-0.15, -0.1) is 10.2 Å². The molecule has 5 aromatic rings. The molecule has 0 radical (unpaired) electrons. The minimum Gasteiger partial charge on any atom is -0.506 e. The van der Waals surface area contributed by atoms with Crippen LogP contribution < -0.4 is 11.0 Å². The highest BCUT2D eigenvalue weighted by molar-refractivity contribution is 6.03. The van der Waals surface area contributed by atoms with E-state index in [1.165, 1.54) is 10.8 Å². The van der Waals surface area contributed by atoms with E-state index in [2.05, 4.69) is 30.7 Å². The van der Waals surface area contributed by atoms with E-state index in [0.29, 0.717) is 22.1 Å². The third-order valence-electron chi connectivity index (χ3n) is 4.79. The Morgan fingerprint density at radius 2 is 1.86 bits per heavy atom. The number of aromatic nitrogens is 5. The van der Waals surface area contributed by atoms with Crippen molar-refractivity contribution in [3.63, 3.8) is 0 Å². The second-order valence-corrected chi connectivity index (χ2v) is 6.52. The monoisotopic (exact) mass is 385 g/mol. The van der Waals surface area contributed by atoms with Gasteiger partial charge in [-0.2, -0.15) is 10.1 Å². The van der Waals surface area contributed by atoms with Gasteiger partial charge < -0.3 is 14.7 Å². The number of hydrogen-bond acceptors (Lipinski definition) is 7. The van der Waals surface area contributed by atoms with Gasteiger partial charge in [0.1, 0.15) is 16.8 Å². The average Bonchev–Trinajstić information content (AvgIpc) is 3.12. The van der Waals surface area contributed by atoms with Crippen molar-refractivity contribution < 1.29 is 5.11 Å². The lowest BCUT2D eigenvalue weighted by Gasteiger charge is -2.08. The van der Waals surface area contributed by atoms with Gasteiger partial charge in [-0.25, -0.2) is 5.43 Å². The normalized spacial score (nSPS) is 11.8. The number of anilines is 1. The standard InChI is InChI=1S/C20H15N7O2/c1-27-15-9-5-3-7-12(15)17(28)13(19(27)29)10-21-25-20-23-18-16(24-26-20)11-6-2-4-8-14(11)22-18/h2-10,28H,1H3,(H2,22,23,25,26). The molecule has 3 N–H and O–H groups in total. The Morgan fingerprint density at radius 1 is 1.10 bits per heavy atom. The molecule has 9 heteroatoms. The summed E-state index contributed by atoms with van der Waals surface area (Å²) in [6.45, 7) is 0. The van der Waals surface area contributed by atoms with Crippen LogP contribution in [0, 0.1) is 0 Å². The number of aromatic amines is 1. The first-order valence-electron chi connectivity index (χ1n) is 8.84. The van der Waals surface area contributed by atoms with Crippen LogP contribution >= 0.6 is 0 Å². The molecule has 0 aliphatic rings. The topological polar surface area (TPSA) is 121 Å². The van der Waals surface area contributed by atoms with Gasteiger partial charge in [0.2, 0.25) is 0 Å². The summed E-state index contributed by atoms with van der Waals surface area (Å²) in [7, 11) is 1.64. The molecule has 2 aromatic carbocycles. The van der Waals surface area contributed by atoms with Crippen LogP contribution in [0.1, 0.15) is 5.56 Å². The quantitative estimate of drug-likeness (QED) is 0.324. The molecule has 0 amide bonds. The molecule has 5 rings (SSSR count). The first-order valence-corrected chi connectivity index (χ1v) is 8.84. The first-order chi connectivity index (χ1) is 14.1. The van der Waals surface area contributed by atoms with E-state index >= 15 is 0 Å². The van der Waals surface area contributed by atoms with E-state index < -0.39 is 0 Å². The highest BCUT2D eigenvalue weighted by atomic mass is 16.3. The van der Waals surface area contributed by atoms with Gasteiger partial charge in [0, 0.05) is 23.3 Å². The van der Waals surface area contributed by atoms with Crippen molar-refractivity contribution in [1.29, 1.82) is 0 Å². The molecule has 0 fully saturated rings. The van der Waals surface area contributed by atoms with Gasteiger partial charge >= 0.3 is 0 Å². The number of pyridine rings is 1. The maximum atomic E-state index is 12.6. The Labute approximate surface area is 163 Å². The number of H-pyrrole nitrogens is 1. The Morgan fingerprint density at radius 3 is 2.72 bits per heavy atom. The van der Waals surface area contributed by atoms with E-state index in [0.717, 1.165) is 10.9 Å². The van der Waals surface area contributed by atoms with Gasteiger partial charge in [-0.1, -0.05) is 30.3 Å². The van der Waals surface area contributed by atoms with Crippen molar-refractivity contribution in [3.8, 4) is 5.75 Å². The SMILES string of the molecule is Cn1c(=O)c(C=NNc2nnc3c(n2)[nH]c2ccccc23)c(O)c2ccccc21. The third kappa shape index (κ3) is 2.67. The van der Waals surface area contributed by atoms with Crippen molar-refractivity contribution in [2.75, 3.05) is 5.43 Å². The maximum absolute atomic E-state index is 12.6. The number of aromatic hydroxyl groups is 1. The van der Waals surface area contributed by atoms with Crippen LogP contribution in [0.25, 0.3) is 33.0 Å². The zero-order chi connectivity index (χ0) is 20.0. The fourth-order valence-electron chi connectivity index (χ4n) is 3.34. The molecule has 0 aliphatic carbocycles. The molecular weight excluding hydrogens is 370 g/mol. The second-order valence-electron chi connectivity index (χ2n) is 6.52. The fraction of sp³-hybridized carbons (Fsp3) is 0.0500. The van der Waals surface area contributed by atoms with Gasteiger partial charge in [0.25, 0.3) is 11.5 Å². The number of hydrogen-bond donors (Lipinski definition) is 3. The molecule has 3 heterocycles. The molecule has 0 aliphatic heterocycles. The van der Waals surface area contributed by atoms with Crippen LogP contribution in [0.2, 0.25) is 0 Å². The van der Waals surface area contributed by atoms with E-state index in [1.54, 1.807) is 31.3 Å². The summed E-state index contributed by atoms with van der Waals surface area (Å²) in [5, 5.41) is 24.2. The van der Waals surface area contributed by atoms with Crippen LogP contribution in [0.4, 0.5) is 5.95 Å². The Kier molecular flexibility index (Phi) is 3.73. The van der Waals surface area contributed by atoms with Crippen molar-refractivity contribution >= 4 is 45.1 Å². The molecule has 0 bridgehead atoms. The maximum Gasteiger partial charge on any atom is 0.265 e. The summed E-state index contributed by atoms with van der Waals surface area (Å²) in [6, 6.07) is 14.8. The van der Waals surface area contributed by atoms with Crippen LogP contribution in [0.15, 0.2) is 58.4 Å². The number of nitrogens with zero attached hydrogens (tertiary/aromatic N) is 5. The summed E-state index contributed by atoms with van der Waals surface area (Å²) in [4.78, 5) is 20.1. The lowest BCUT2D eigenvalue weighted by molar-refractivity contribution is 0.478. The molecule has 29 heavy (non-hydrogen) atoms. The predicted molar refractivity (Wildman–Crippen MR) is 111 cm³/mol. The third-order valence-corrected chi connectivity index (χ3v) is 4.79. The molecular formula is C20H15N7O2. The summed E-state index contributed by atoms with van der Waals surface area (Å²) in [5.41, 5.74) is 5.14. The average molecular weight is 385 g/mol. The van der Waals surface area contributed by atoms with E-state index in [9.17, 15) is 9.90 Å². The number of benzene rings is 2. The molecule has 9 nitrogen and oxygen atoms in total. The van der Waals surface area contributed by atoms with Crippen LogP contribution in [0.3, 0.4) is 0 Å². The first kappa shape index (κ1) is 16.9. The van der Waals surface area contributed by atoms with Crippen LogP contribution in [-0.4, -0.2) is 36.1 Å². The summed E-state index contributed by atoms with van der Waals surface area (Å²) in [5.74, 6) is 0.0387. The molecule has 3 aromatic heterocycles. The van der Waals surface area contributed by atoms with Crippen molar-refractivity contribution in [1.82, 2.24) is 24.7 Å². The van der Waals surface area contributed by atoms with Gasteiger partial charge in [0.05, 0.1) is 11.7 Å². The highest BCUT2D eigenvalue weighted by Crippen LogP contribution is 2.25. The zero-order valence-corrected chi connectivity index (χ0v) is 15.3. The predicted octanol–water partition coefficient (Wildman–Crippen LogP) is 2.51. The number of para-hydroxylation sites is 2. The number of hydrazone groups is 1. The molecule has 142 valence electrons. The van der Waals surface area contributed by atoms with E-state index in [1.807, 2.05) is 24.3 Å². The minimum atomic E-state index is -0.364. The number of rotatable bonds is 3. The molecule has 0 unspecified atom stereocenters. The smallest absolute Gasteiger partial charge is 0.265 e. The molecule has 0 atom stereocenters. The summed E-state index contributed by atoms with van der Waals surface area (Å²) in [6.07, 6.45) is 1.25. The van der Waals surface area contributed by atoms with Gasteiger partial charge in [-0.3, -0.25) is 4.79 Å². The van der Waals surface area contributed by atoms with E-state index in [4.69, 9.17) is 0 Å². The van der Waals surface area contributed by atoms with Gasteiger partial charge in [0.15, 0.2) is 5.65 Å². The van der Waals surface area contributed by atoms with E-state index in [-0.39, 0.29) is 22.8 Å². The highest BCUT2D eigenvalue weighted by Gasteiger charge is 2.13. The molecule has 0 saturated heterocycles. The molecule has 0 spiro atoms. The van der Waals surface area contributed by atoms with Crippen molar-refractivity contribution in [3.05, 3.63) is 64.4 Å². The lowest BCUT2D eigenvalue weighted by Crippen LogP contribution is -2.21. The number of nitrogens with one attached hydrogen (secondary N) is 2. The Bertz CT molecular complexity index is 1480. The minimum absolute atomic E-state index is 0.0679. The van der Waals surface area contributed by atoms with Crippen molar-refractivity contribution in [2.24, 2.45) is 12.1 Å². The number of fused-ring (bicyclic) bond motifs is 4. The summed E-state index contributed by atoms with van der Waals surface area (Å²) >= 11 is 0. The molecule has 0 saturated carbocycles.